The van der Waals surface area contributed by atoms with Gasteiger partial charge < -0.3 is 14.8 Å². The number of ether oxygens (including phenoxy) is 2. The van der Waals surface area contributed by atoms with Crippen LogP contribution in [-0.2, 0) is 4.79 Å². The lowest BCUT2D eigenvalue weighted by atomic mass is 9.86. The van der Waals surface area contributed by atoms with Gasteiger partial charge in [0.1, 0.15) is 11.6 Å². The highest BCUT2D eigenvalue weighted by atomic mass is 127. The summed E-state index contributed by atoms with van der Waals surface area (Å²) in [6.45, 7) is 2.15. The zero-order chi connectivity index (χ0) is 18.4. The highest BCUT2D eigenvalue weighted by Crippen LogP contribution is 2.34. The van der Waals surface area contributed by atoms with Crippen LogP contribution in [0.4, 0.5) is 0 Å². The number of benzene rings is 1. The van der Waals surface area contributed by atoms with Crippen LogP contribution in [0, 0.1) is 20.8 Å². The number of methoxy groups -OCH3 is 2. The van der Waals surface area contributed by atoms with Crippen molar-refractivity contribution in [3.05, 3.63) is 26.8 Å². The maximum absolute atomic E-state index is 12.5. The van der Waals surface area contributed by atoms with E-state index in [1.807, 2.05) is 12.1 Å². The van der Waals surface area contributed by atoms with Gasteiger partial charge in [-0.05, 0) is 65.1 Å². The second kappa shape index (κ2) is 9.09. The largest absolute Gasteiger partial charge is 0.493 e. The molecule has 134 valence electrons. The average molecular weight is 454 g/mol. The van der Waals surface area contributed by atoms with Crippen LogP contribution in [0.2, 0.25) is 0 Å². The number of nitrogens with zero attached hydrogens (tertiary/aromatic N) is 1. The van der Waals surface area contributed by atoms with Gasteiger partial charge in [0.25, 0.3) is 5.91 Å². The molecule has 0 aliphatic heterocycles. The smallest absolute Gasteiger partial charge is 0.262 e. The van der Waals surface area contributed by atoms with Crippen LogP contribution in [0.25, 0.3) is 6.08 Å². The molecule has 1 N–H and O–H groups in total. The summed E-state index contributed by atoms with van der Waals surface area (Å²) in [5, 5.41) is 12.4. The summed E-state index contributed by atoms with van der Waals surface area (Å²) in [6.07, 6.45) is 6.00. The molecule has 0 heterocycles. The fraction of sp³-hybridized carbons (Fsp3) is 0.474. The lowest BCUT2D eigenvalue weighted by molar-refractivity contribution is -0.118. The molecule has 0 saturated heterocycles. The lowest BCUT2D eigenvalue weighted by Crippen LogP contribution is -2.41. The topological polar surface area (TPSA) is 71.3 Å². The number of carbonyl (C=O) groups excluding carboxylic acids is 1. The Hall–Kier alpha value is -1.75. The summed E-state index contributed by atoms with van der Waals surface area (Å²) >= 11 is 2.14. The standard InChI is InChI=1S/C19H23IN2O3/c1-12-6-4-5-7-16(12)22-19(23)14(11-21)8-13-9-15(20)18(25-3)17(10-13)24-2/h8-10,12,16H,4-7H2,1-3H3,(H,22,23)/b14-8+/t12-,16-/m0/s1. The van der Waals surface area contributed by atoms with Crippen LogP contribution in [-0.4, -0.2) is 26.2 Å². The van der Waals surface area contributed by atoms with Crippen LogP contribution in [0.1, 0.15) is 38.2 Å². The highest BCUT2D eigenvalue weighted by Gasteiger charge is 2.24. The zero-order valence-electron chi connectivity index (χ0n) is 14.8. The number of rotatable bonds is 5. The van der Waals surface area contributed by atoms with E-state index >= 15 is 0 Å². The normalized spacial score (nSPS) is 20.5. The molecule has 5 nitrogen and oxygen atoms in total. The number of nitrogens with one attached hydrogen (secondary N) is 1. The molecule has 2 rings (SSSR count). The van der Waals surface area contributed by atoms with Crippen molar-refractivity contribution in [2.75, 3.05) is 14.2 Å². The second-order valence-electron chi connectivity index (χ2n) is 6.25. The summed E-state index contributed by atoms with van der Waals surface area (Å²) in [7, 11) is 3.14. The Labute approximate surface area is 162 Å². The van der Waals surface area contributed by atoms with E-state index in [0.29, 0.717) is 17.4 Å². The van der Waals surface area contributed by atoms with Crippen molar-refractivity contribution in [1.82, 2.24) is 5.32 Å². The van der Waals surface area contributed by atoms with Crippen molar-refractivity contribution in [1.29, 1.82) is 5.26 Å². The van der Waals surface area contributed by atoms with Crippen molar-refractivity contribution >= 4 is 34.6 Å². The van der Waals surface area contributed by atoms with Crippen molar-refractivity contribution < 1.29 is 14.3 Å². The van der Waals surface area contributed by atoms with Gasteiger partial charge in [-0.3, -0.25) is 4.79 Å². The Morgan fingerprint density at radius 3 is 2.64 bits per heavy atom. The predicted octanol–water partition coefficient (Wildman–Crippen LogP) is 3.91. The first-order valence-electron chi connectivity index (χ1n) is 8.34. The zero-order valence-corrected chi connectivity index (χ0v) is 16.9. The molecule has 6 heteroatoms. The minimum Gasteiger partial charge on any atom is -0.493 e. The lowest BCUT2D eigenvalue weighted by Gasteiger charge is -2.29. The van der Waals surface area contributed by atoms with Gasteiger partial charge in [0.15, 0.2) is 11.5 Å². The molecule has 1 saturated carbocycles. The minimum atomic E-state index is -0.314. The minimum absolute atomic E-state index is 0.0980. The molecule has 1 amide bonds. The third kappa shape index (κ3) is 4.88. The first-order valence-corrected chi connectivity index (χ1v) is 9.42. The number of hydrogen-bond acceptors (Lipinski definition) is 4. The van der Waals surface area contributed by atoms with Gasteiger partial charge in [-0.15, -0.1) is 0 Å². The van der Waals surface area contributed by atoms with E-state index in [4.69, 9.17) is 9.47 Å². The fourth-order valence-electron chi connectivity index (χ4n) is 3.11. The van der Waals surface area contributed by atoms with Crippen LogP contribution in [0.15, 0.2) is 17.7 Å². The Balaban J connectivity index is 2.23. The molecule has 0 spiro atoms. The fourth-order valence-corrected chi connectivity index (χ4v) is 3.96. The van der Waals surface area contributed by atoms with E-state index in [-0.39, 0.29) is 17.5 Å². The van der Waals surface area contributed by atoms with E-state index in [1.54, 1.807) is 26.4 Å². The van der Waals surface area contributed by atoms with E-state index in [1.165, 1.54) is 6.42 Å². The predicted molar refractivity (Wildman–Crippen MR) is 105 cm³/mol. The monoisotopic (exact) mass is 454 g/mol. The summed E-state index contributed by atoms with van der Waals surface area (Å²) in [6, 6.07) is 5.77. The maximum atomic E-state index is 12.5. The van der Waals surface area contributed by atoms with Gasteiger partial charge >= 0.3 is 0 Å². The maximum Gasteiger partial charge on any atom is 0.262 e. The molecule has 1 aromatic rings. The first-order chi connectivity index (χ1) is 12.0. The van der Waals surface area contributed by atoms with E-state index < -0.39 is 0 Å². The molecule has 0 bridgehead atoms. The molecule has 0 unspecified atom stereocenters. The summed E-state index contributed by atoms with van der Waals surface area (Å²) in [4.78, 5) is 12.5. The van der Waals surface area contributed by atoms with Crippen LogP contribution >= 0.6 is 22.6 Å². The van der Waals surface area contributed by atoms with Gasteiger partial charge in [-0.2, -0.15) is 5.26 Å². The Kier molecular flexibility index (Phi) is 7.12. The van der Waals surface area contributed by atoms with Gasteiger partial charge in [-0.25, -0.2) is 0 Å². The van der Waals surface area contributed by atoms with Crippen LogP contribution in [0.3, 0.4) is 0 Å². The van der Waals surface area contributed by atoms with Crippen molar-refractivity contribution in [2.24, 2.45) is 5.92 Å². The first kappa shape index (κ1) is 19.6. The Morgan fingerprint density at radius 1 is 1.32 bits per heavy atom. The molecule has 0 aromatic heterocycles. The van der Waals surface area contributed by atoms with Gasteiger partial charge in [-0.1, -0.05) is 19.8 Å². The molecular formula is C19H23IN2O3. The number of amides is 1. The molecular weight excluding hydrogens is 431 g/mol. The number of halogens is 1. The van der Waals surface area contributed by atoms with Gasteiger partial charge in [0.05, 0.1) is 17.8 Å². The summed E-state index contributed by atoms with van der Waals surface area (Å²) in [5.74, 6) is 1.34. The number of hydrogen-bond donors (Lipinski definition) is 1. The van der Waals surface area contributed by atoms with E-state index in [2.05, 4.69) is 34.8 Å². The number of nitriles is 1. The van der Waals surface area contributed by atoms with Crippen molar-refractivity contribution in [3.63, 3.8) is 0 Å². The van der Waals surface area contributed by atoms with E-state index in [0.717, 1.165) is 28.4 Å². The van der Waals surface area contributed by atoms with Crippen LogP contribution in [0.5, 0.6) is 11.5 Å². The molecule has 1 aliphatic rings. The molecule has 25 heavy (non-hydrogen) atoms. The van der Waals surface area contributed by atoms with Crippen molar-refractivity contribution in [3.8, 4) is 17.6 Å². The third-order valence-corrected chi connectivity index (χ3v) is 5.36. The molecule has 0 radical (unpaired) electrons. The van der Waals surface area contributed by atoms with Gasteiger partial charge in [0.2, 0.25) is 0 Å². The highest BCUT2D eigenvalue weighted by molar-refractivity contribution is 14.1. The van der Waals surface area contributed by atoms with Crippen LogP contribution < -0.4 is 14.8 Å². The molecule has 2 atom stereocenters. The van der Waals surface area contributed by atoms with Gasteiger partial charge in [0, 0.05) is 6.04 Å². The quantitative estimate of drug-likeness (QED) is 0.416. The average Bonchev–Trinajstić information content (AvgIpc) is 2.60. The number of carbonyl (C=O) groups is 1. The third-order valence-electron chi connectivity index (χ3n) is 4.56. The second-order valence-corrected chi connectivity index (χ2v) is 7.41. The summed E-state index contributed by atoms with van der Waals surface area (Å²) in [5.41, 5.74) is 0.825. The van der Waals surface area contributed by atoms with Crippen molar-refractivity contribution in [2.45, 2.75) is 38.6 Å². The molecule has 1 aliphatic carbocycles. The molecule has 1 aromatic carbocycles. The SMILES string of the molecule is COc1cc(/C=C(\C#N)C(=O)N[C@H]2CCCC[C@@H]2C)cc(I)c1OC. The molecule has 1 fully saturated rings. The Morgan fingerprint density at radius 2 is 2.04 bits per heavy atom. The van der Waals surface area contributed by atoms with E-state index in [9.17, 15) is 10.1 Å². The Bertz CT molecular complexity index is 709. The summed E-state index contributed by atoms with van der Waals surface area (Å²) < 4.78 is 11.5.